The van der Waals surface area contributed by atoms with Crippen LogP contribution in [-0.4, -0.2) is 27.6 Å². The molecule has 0 radical (unpaired) electrons. The van der Waals surface area contributed by atoms with Crippen LogP contribution in [0.3, 0.4) is 0 Å². The highest BCUT2D eigenvalue weighted by Gasteiger charge is 2.35. The van der Waals surface area contributed by atoms with E-state index in [4.69, 9.17) is 0 Å². The molecule has 1 saturated carbocycles. The molecule has 0 aliphatic heterocycles. The second kappa shape index (κ2) is 10.0. The number of hydrogen-bond donors (Lipinski definition) is 0. The first-order chi connectivity index (χ1) is 19.5. The minimum atomic E-state index is -4.94. The average Bonchev–Trinajstić information content (AvgIpc) is 3.55. The van der Waals surface area contributed by atoms with Crippen molar-refractivity contribution in [1.82, 2.24) is 19.2 Å². The maximum absolute atomic E-state index is 14.1. The lowest BCUT2D eigenvalue weighted by atomic mass is 9.81. The van der Waals surface area contributed by atoms with E-state index in [2.05, 4.69) is 10.1 Å². The first-order valence-electron chi connectivity index (χ1n) is 13.0. The number of anilines is 1. The second-order valence-electron chi connectivity index (χ2n) is 10.1. The molecule has 0 unspecified atom stereocenters. The van der Waals surface area contributed by atoms with Crippen molar-refractivity contribution in [2.75, 3.05) is 4.31 Å². The minimum Gasteiger partial charge on any atom is -0.302 e. The van der Waals surface area contributed by atoms with E-state index in [0.717, 1.165) is 35.2 Å². The second-order valence-corrected chi connectivity index (χ2v) is 12.0. The third-order valence-corrected chi connectivity index (χ3v) is 9.27. The quantitative estimate of drug-likeness (QED) is 0.201. The van der Waals surface area contributed by atoms with E-state index < -0.39 is 34.1 Å². The van der Waals surface area contributed by atoms with E-state index in [1.165, 1.54) is 12.1 Å². The lowest BCUT2D eigenvalue weighted by molar-refractivity contribution is -0.140. The molecule has 3 heterocycles. The van der Waals surface area contributed by atoms with Gasteiger partial charge in [0.2, 0.25) is 0 Å². The van der Waals surface area contributed by atoms with Crippen molar-refractivity contribution in [2.45, 2.75) is 49.7 Å². The Labute approximate surface area is 233 Å². The van der Waals surface area contributed by atoms with Gasteiger partial charge in [-0.15, -0.1) is 0 Å². The molecule has 0 atom stereocenters. The molecule has 0 N–H and O–H groups in total. The van der Waals surface area contributed by atoms with Crippen LogP contribution in [-0.2, 0) is 22.7 Å². The van der Waals surface area contributed by atoms with Gasteiger partial charge in [0, 0.05) is 18.6 Å². The Hall–Kier alpha value is -4.19. The summed E-state index contributed by atoms with van der Waals surface area (Å²) in [6.07, 6.45) is 3.60. The summed E-state index contributed by atoms with van der Waals surface area (Å²) in [6, 6.07) is 14.0. The lowest BCUT2D eigenvalue weighted by Crippen LogP contribution is -2.31. The predicted molar refractivity (Wildman–Crippen MR) is 145 cm³/mol. The van der Waals surface area contributed by atoms with Gasteiger partial charge in [-0.05, 0) is 85.3 Å². The summed E-state index contributed by atoms with van der Waals surface area (Å²) in [7, 11) is -4.33. The van der Waals surface area contributed by atoms with Gasteiger partial charge in [0.15, 0.2) is 5.82 Å². The Morgan fingerprint density at radius 2 is 1.80 bits per heavy atom. The Morgan fingerprint density at radius 1 is 1.05 bits per heavy atom. The normalized spacial score (nSPS) is 14.4. The molecule has 5 aromatic rings. The lowest BCUT2D eigenvalue weighted by Gasteiger charge is -2.25. The molecule has 0 spiro atoms. The number of alkyl halides is 3. The van der Waals surface area contributed by atoms with Gasteiger partial charge in [0.05, 0.1) is 28.4 Å². The van der Waals surface area contributed by atoms with Crippen LogP contribution in [0.1, 0.15) is 47.6 Å². The smallest absolute Gasteiger partial charge is 0.302 e. The van der Waals surface area contributed by atoms with Gasteiger partial charge in [0.25, 0.3) is 10.0 Å². The number of aromatic nitrogens is 4. The number of aryl methyl sites for hydroxylation is 1. The zero-order valence-electron chi connectivity index (χ0n) is 21.9. The minimum absolute atomic E-state index is 0.0397. The summed E-state index contributed by atoms with van der Waals surface area (Å²) in [4.78, 5) is 4.51. The van der Waals surface area contributed by atoms with Gasteiger partial charge in [-0.2, -0.15) is 18.3 Å². The van der Waals surface area contributed by atoms with Crippen molar-refractivity contribution in [2.24, 2.45) is 0 Å². The Morgan fingerprint density at radius 3 is 2.44 bits per heavy atom. The van der Waals surface area contributed by atoms with Crippen LogP contribution in [0.2, 0.25) is 0 Å². The number of halogens is 4. The molecule has 212 valence electrons. The van der Waals surface area contributed by atoms with Crippen molar-refractivity contribution in [1.29, 1.82) is 0 Å². The van der Waals surface area contributed by atoms with Gasteiger partial charge in [-0.1, -0.05) is 18.6 Å². The zero-order valence-corrected chi connectivity index (χ0v) is 22.7. The molecule has 1 aliphatic carbocycles. The Bertz CT molecular complexity index is 1830. The molecule has 6 rings (SSSR count). The fourth-order valence-electron chi connectivity index (χ4n) is 5.03. The first-order valence-corrected chi connectivity index (χ1v) is 14.4. The molecule has 0 amide bonds. The third kappa shape index (κ3) is 4.96. The van der Waals surface area contributed by atoms with Crippen molar-refractivity contribution < 1.29 is 26.0 Å². The fraction of sp³-hybridized carbons (Fsp3) is 0.241. The summed E-state index contributed by atoms with van der Waals surface area (Å²) in [5.74, 6) is -0.931. The monoisotopic (exact) mass is 583 g/mol. The molecule has 0 bridgehead atoms. The van der Waals surface area contributed by atoms with Crippen molar-refractivity contribution in [3.8, 4) is 5.69 Å². The Balaban J connectivity index is 1.46. The van der Waals surface area contributed by atoms with Gasteiger partial charge in [-0.25, -0.2) is 26.8 Å². The average molecular weight is 584 g/mol. The number of pyridine rings is 1. The summed E-state index contributed by atoms with van der Waals surface area (Å²) in [5.41, 5.74) is 1.25. The number of rotatable bonds is 7. The molecule has 3 aromatic heterocycles. The SMILES string of the molecule is Cc1c(N(Cc2ccc(F)c(C(F)(F)F)c2)S(=O)(=O)c2ccc(-n3cccn3)cc2)nc2ccc(C3CCC3)cn12. The van der Waals surface area contributed by atoms with Crippen LogP contribution in [0.5, 0.6) is 0 Å². The molecule has 12 heteroatoms. The fourth-order valence-corrected chi connectivity index (χ4v) is 6.49. The summed E-state index contributed by atoms with van der Waals surface area (Å²) in [5, 5.41) is 4.14. The number of imidazole rings is 1. The molecule has 41 heavy (non-hydrogen) atoms. The summed E-state index contributed by atoms with van der Waals surface area (Å²) in [6.45, 7) is 1.22. The molecule has 1 fully saturated rings. The van der Waals surface area contributed by atoms with E-state index in [0.29, 0.717) is 35.1 Å². The molecule has 2 aromatic carbocycles. The van der Waals surface area contributed by atoms with E-state index >= 15 is 0 Å². The number of fused-ring (bicyclic) bond motifs is 1. The number of benzene rings is 2. The van der Waals surface area contributed by atoms with Crippen molar-refractivity contribution in [3.05, 3.63) is 107 Å². The van der Waals surface area contributed by atoms with Crippen LogP contribution < -0.4 is 4.31 Å². The first kappa shape index (κ1) is 27.0. The van der Waals surface area contributed by atoms with Crippen molar-refractivity contribution >= 4 is 21.5 Å². The zero-order chi connectivity index (χ0) is 28.9. The number of sulfonamides is 1. The van der Waals surface area contributed by atoms with Gasteiger partial charge >= 0.3 is 6.18 Å². The molecular formula is C29H25F4N5O2S. The van der Waals surface area contributed by atoms with Crippen LogP contribution >= 0.6 is 0 Å². The summed E-state index contributed by atoms with van der Waals surface area (Å²) >= 11 is 0. The predicted octanol–water partition coefficient (Wildman–Crippen LogP) is 6.65. The van der Waals surface area contributed by atoms with Gasteiger partial charge in [0.1, 0.15) is 11.5 Å². The topological polar surface area (TPSA) is 72.5 Å². The van der Waals surface area contributed by atoms with Crippen LogP contribution in [0.4, 0.5) is 23.4 Å². The molecule has 0 saturated heterocycles. The van der Waals surface area contributed by atoms with Crippen molar-refractivity contribution in [3.63, 3.8) is 0 Å². The van der Waals surface area contributed by atoms with Crippen LogP contribution in [0.25, 0.3) is 11.3 Å². The maximum atomic E-state index is 14.1. The van der Waals surface area contributed by atoms with E-state index in [-0.39, 0.29) is 16.3 Å². The molecular weight excluding hydrogens is 558 g/mol. The maximum Gasteiger partial charge on any atom is 0.419 e. The number of nitrogens with zero attached hydrogens (tertiary/aromatic N) is 5. The highest BCUT2D eigenvalue weighted by atomic mass is 32.2. The van der Waals surface area contributed by atoms with E-state index in [9.17, 15) is 26.0 Å². The van der Waals surface area contributed by atoms with Gasteiger partial charge in [-0.3, -0.25) is 0 Å². The summed E-state index contributed by atoms with van der Waals surface area (Å²) < 4.78 is 87.1. The van der Waals surface area contributed by atoms with E-state index in [1.54, 1.807) is 46.6 Å². The highest BCUT2D eigenvalue weighted by Crippen LogP contribution is 2.38. The van der Waals surface area contributed by atoms with E-state index in [1.807, 2.05) is 18.3 Å². The standard InChI is InChI=1S/C29H25F4N5O2S/c1-19-28(35-27-13-7-22(18-36(19)27)21-4-2-5-21)38(17-20-6-12-26(30)25(16-20)29(31,32)33)41(39,40)24-10-8-23(9-11-24)37-15-3-14-34-37/h3,6-16,18,21H,2,4-5,17H2,1H3. The van der Waals surface area contributed by atoms with Crippen LogP contribution in [0.15, 0.2) is 84.1 Å². The third-order valence-electron chi connectivity index (χ3n) is 7.52. The molecule has 7 nitrogen and oxygen atoms in total. The largest absolute Gasteiger partial charge is 0.419 e. The Kier molecular flexibility index (Phi) is 6.60. The highest BCUT2D eigenvalue weighted by molar-refractivity contribution is 7.92. The number of hydrogen-bond acceptors (Lipinski definition) is 4. The van der Waals surface area contributed by atoms with Gasteiger partial charge < -0.3 is 4.40 Å². The van der Waals surface area contributed by atoms with Crippen LogP contribution in [0, 0.1) is 12.7 Å². The molecule has 1 aliphatic rings.